The van der Waals surface area contributed by atoms with Gasteiger partial charge in [-0.15, -0.1) is 0 Å². The van der Waals surface area contributed by atoms with Crippen molar-refractivity contribution in [1.29, 1.82) is 0 Å². The smallest absolute Gasteiger partial charge is 0.462 e. The topological polar surface area (TPSA) is 237 Å². The van der Waals surface area contributed by atoms with E-state index in [1.54, 1.807) is 0 Å². The molecule has 19 heteroatoms. The van der Waals surface area contributed by atoms with Gasteiger partial charge in [-0.05, 0) is 43.4 Å². The van der Waals surface area contributed by atoms with Crippen LogP contribution in [0, 0.1) is 17.8 Å². The summed E-state index contributed by atoms with van der Waals surface area (Å²) in [6.07, 6.45) is 49.9. The molecule has 0 amide bonds. The molecular formula is C74H144O17P2. The first-order chi connectivity index (χ1) is 44.8. The molecule has 0 rings (SSSR count). The van der Waals surface area contributed by atoms with Crippen LogP contribution in [-0.4, -0.2) is 96.7 Å². The third-order valence-electron chi connectivity index (χ3n) is 17.5. The Morgan fingerprint density at radius 1 is 0.312 bits per heavy atom. The largest absolute Gasteiger partial charge is 0.472 e. The molecule has 0 aliphatic rings. The molecule has 0 aromatic rings. The molecule has 0 aliphatic carbocycles. The highest BCUT2D eigenvalue weighted by Gasteiger charge is 2.30. The van der Waals surface area contributed by atoms with E-state index < -0.39 is 97.5 Å². The molecule has 3 N–H and O–H groups in total. The number of carbonyl (C=O) groups is 4. The van der Waals surface area contributed by atoms with Gasteiger partial charge in [0, 0.05) is 25.7 Å². The number of ether oxygens (including phenoxy) is 4. The average Bonchev–Trinajstić information content (AvgIpc) is 2.34. The van der Waals surface area contributed by atoms with Crippen LogP contribution in [0.25, 0.3) is 0 Å². The van der Waals surface area contributed by atoms with Crippen LogP contribution in [0.1, 0.15) is 376 Å². The Balaban J connectivity index is 5.23. The lowest BCUT2D eigenvalue weighted by Gasteiger charge is -2.21. The van der Waals surface area contributed by atoms with Gasteiger partial charge in [-0.2, -0.15) is 0 Å². The molecule has 6 atom stereocenters. The summed E-state index contributed by atoms with van der Waals surface area (Å²) in [5.41, 5.74) is 0. The third kappa shape index (κ3) is 67.0. The molecule has 17 nitrogen and oxygen atoms in total. The maximum atomic E-state index is 13.1. The van der Waals surface area contributed by atoms with Crippen LogP contribution >= 0.6 is 15.6 Å². The molecule has 0 aliphatic heterocycles. The van der Waals surface area contributed by atoms with Gasteiger partial charge in [0.25, 0.3) is 0 Å². The fraction of sp³-hybridized carbons (Fsp3) is 0.946. The SMILES string of the molecule is CCCCCCCCCCC(=O)OC[C@H](COP(=O)(O)OC[C@H](O)COP(=O)(O)OC[C@@H](COC(=O)CCCCCCCCCCCCCCCC(C)C)OC(=O)CCCCCCCCCCCCCCCCC(C)C)OC(=O)CCCCCCCCCCC(C)CC. The summed E-state index contributed by atoms with van der Waals surface area (Å²) in [5.74, 6) is 0.232. The lowest BCUT2D eigenvalue weighted by atomic mass is 9.99. The summed E-state index contributed by atoms with van der Waals surface area (Å²) < 4.78 is 68.4. The summed E-state index contributed by atoms with van der Waals surface area (Å²) in [6, 6.07) is 0. The van der Waals surface area contributed by atoms with Gasteiger partial charge in [-0.1, -0.05) is 325 Å². The minimum Gasteiger partial charge on any atom is -0.462 e. The molecule has 552 valence electrons. The third-order valence-corrected chi connectivity index (χ3v) is 19.4. The monoisotopic (exact) mass is 1370 g/mol. The van der Waals surface area contributed by atoms with E-state index in [2.05, 4.69) is 48.5 Å². The Hall–Kier alpha value is -1.94. The molecule has 0 aromatic carbocycles. The molecule has 0 aromatic heterocycles. The average molecular weight is 1370 g/mol. The molecule has 0 fully saturated rings. The van der Waals surface area contributed by atoms with Crippen molar-refractivity contribution in [2.45, 2.75) is 394 Å². The summed E-state index contributed by atoms with van der Waals surface area (Å²) in [6.45, 7) is 11.9. The minimum atomic E-state index is -4.96. The molecule has 93 heavy (non-hydrogen) atoms. The molecule has 0 saturated carbocycles. The number of phosphoric ester groups is 2. The Kier molecular flexibility index (Phi) is 63.4. The van der Waals surface area contributed by atoms with Crippen LogP contribution in [0.4, 0.5) is 0 Å². The normalized spacial score (nSPS) is 14.4. The number of carbonyl (C=O) groups excluding carboxylic acids is 4. The number of hydrogen-bond donors (Lipinski definition) is 3. The van der Waals surface area contributed by atoms with Gasteiger partial charge in [0.1, 0.15) is 19.3 Å². The van der Waals surface area contributed by atoms with E-state index in [4.69, 9.17) is 37.0 Å². The van der Waals surface area contributed by atoms with Crippen LogP contribution in [0.15, 0.2) is 0 Å². The first-order valence-electron chi connectivity index (χ1n) is 38.4. The highest BCUT2D eigenvalue weighted by atomic mass is 31.2. The Morgan fingerprint density at radius 3 is 0.817 bits per heavy atom. The second-order valence-electron chi connectivity index (χ2n) is 27.9. The first-order valence-corrected chi connectivity index (χ1v) is 41.4. The van der Waals surface area contributed by atoms with Gasteiger partial charge in [0.05, 0.1) is 26.4 Å². The van der Waals surface area contributed by atoms with Crippen molar-refractivity contribution in [2.24, 2.45) is 17.8 Å². The van der Waals surface area contributed by atoms with Crippen molar-refractivity contribution in [2.75, 3.05) is 39.6 Å². The molecule has 0 heterocycles. The van der Waals surface area contributed by atoms with E-state index in [0.717, 1.165) is 114 Å². The van der Waals surface area contributed by atoms with Crippen molar-refractivity contribution in [3.63, 3.8) is 0 Å². The number of rotatable bonds is 72. The highest BCUT2D eigenvalue weighted by molar-refractivity contribution is 7.47. The van der Waals surface area contributed by atoms with Gasteiger partial charge in [-0.3, -0.25) is 37.3 Å². The van der Waals surface area contributed by atoms with Crippen molar-refractivity contribution in [3.05, 3.63) is 0 Å². The van der Waals surface area contributed by atoms with E-state index in [1.807, 2.05) is 0 Å². The predicted molar refractivity (Wildman–Crippen MR) is 377 cm³/mol. The summed E-state index contributed by atoms with van der Waals surface area (Å²) in [4.78, 5) is 72.6. The predicted octanol–water partition coefficient (Wildman–Crippen LogP) is 21.4. The zero-order valence-electron chi connectivity index (χ0n) is 60.7. The number of phosphoric acid groups is 2. The summed E-state index contributed by atoms with van der Waals surface area (Å²) >= 11 is 0. The van der Waals surface area contributed by atoms with E-state index >= 15 is 0 Å². The fourth-order valence-corrected chi connectivity index (χ4v) is 12.8. The van der Waals surface area contributed by atoms with Gasteiger partial charge in [0.2, 0.25) is 0 Å². The fourth-order valence-electron chi connectivity index (χ4n) is 11.2. The number of aliphatic hydroxyl groups is 1. The van der Waals surface area contributed by atoms with Crippen molar-refractivity contribution >= 4 is 39.5 Å². The second kappa shape index (κ2) is 64.7. The van der Waals surface area contributed by atoms with E-state index in [-0.39, 0.29) is 25.7 Å². The van der Waals surface area contributed by atoms with Gasteiger partial charge < -0.3 is 33.8 Å². The molecule has 0 bridgehead atoms. The zero-order valence-corrected chi connectivity index (χ0v) is 62.5. The van der Waals surface area contributed by atoms with Crippen molar-refractivity contribution in [1.82, 2.24) is 0 Å². The zero-order chi connectivity index (χ0) is 68.7. The lowest BCUT2D eigenvalue weighted by Crippen LogP contribution is -2.30. The van der Waals surface area contributed by atoms with Crippen LogP contribution in [-0.2, 0) is 65.4 Å². The van der Waals surface area contributed by atoms with Gasteiger partial charge in [0.15, 0.2) is 12.2 Å². The molecule has 0 saturated heterocycles. The van der Waals surface area contributed by atoms with E-state index in [1.165, 1.54) is 180 Å². The number of aliphatic hydroxyl groups excluding tert-OH is 1. The number of esters is 4. The molecule has 3 unspecified atom stereocenters. The van der Waals surface area contributed by atoms with Crippen molar-refractivity contribution in [3.8, 4) is 0 Å². The molecule has 0 radical (unpaired) electrons. The highest BCUT2D eigenvalue weighted by Crippen LogP contribution is 2.45. The molecule has 0 spiro atoms. The quantitative estimate of drug-likeness (QED) is 0.0222. The summed E-state index contributed by atoms with van der Waals surface area (Å²) in [5, 5.41) is 10.6. The Labute approximate surface area is 568 Å². The Morgan fingerprint density at radius 2 is 0.548 bits per heavy atom. The number of hydrogen-bond acceptors (Lipinski definition) is 15. The minimum absolute atomic E-state index is 0.105. The van der Waals surface area contributed by atoms with Gasteiger partial charge in [-0.25, -0.2) is 9.13 Å². The van der Waals surface area contributed by atoms with E-state index in [0.29, 0.717) is 25.7 Å². The lowest BCUT2D eigenvalue weighted by molar-refractivity contribution is -0.161. The Bertz CT molecular complexity index is 1820. The van der Waals surface area contributed by atoms with Crippen molar-refractivity contribution < 1.29 is 80.2 Å². The van der Waals surface area contributed by atoms with Crippen LogP contribution < -0.4 is 0 Å². The van der Waals surface area contributed by atoms with Crippen LogP contribution in [0.5, 0.6) is 0 Å². The first kappa shape index (κ1) is 91.1. The standard InChI is InChI=1S/C74H144O17P2/c1-8-10-11-12-13-34-41-48-55-71(76)84-61-69(91-74(79)58-51-44-37-30-29-33-40-47-54-67(7)9-2)63-88-92(80,81)86-59-68(75)60-87-93(82,83)89-64-70(62-85-72(77)56-49-42-35-27-23-20-16-18-22-26-32-39-46-53-66(5)6)90-73(78)57-50-43-36-28-24-19-15-14-17-21-25-31-38-45-52-65(3)4/h65-70,75H,8-64H2,1-7H3,(H,80,81)(H,82,83)/t67?,68-,69+,70+/m0/s1. The van der Waals surface area contributed by atoms with Gasteiger partial charge >= 0.3 is 39.5 Å². The molecular weight excluding hydrogens is 1220 g/mol. The maximum absolute atomic E-state index is 13.1. The second-order valence-corrected chi connectivity index (χ2v) is 30.8. The van der Waals surface area contributed by atoms with Crippen LogP contribution in [0.3, 0.4) is 0 Å². The number of unbranched alkanes of at least 4 members (excludes halogenated alkanes) is 39. The van der Waals surface area contributed by atoms with Crippen LogP contribution in [0.2, 0.25) is 0 Å². The summed E-state index contributed by atoms with van der Waals surface area (Å²) in [7, 11) is -9.91. The maximum Gasteiger partial charge on any atom is 0.472 e. The van der Waals surface area contributed by atoms with E-state index in [9.17, 15) is 43.2 Å².